The van der Waals surface area contributed by atoms with Crippen LogP contribution in [0.4, 0.5) is 22.0 Å². The van der Waals surface area contributed by atoms with Gasteiger partial charge in [-0.1, -0.05) is 15.9 Å². The quantitative estimate of drug-likeness (QED) is 0.344. The van der Waals surface area contributed by atoms with Crippen molar-refractivity contribution in [1.82, 2.24) is 4.90 Å². The molecule has 0 bridgehead atoms. The van der Waals surface area contributed by atoms with Gasteiger partial charge >= 0.3 is 0 Å². The molecule has 1 fully saturated rings. The van der Waals surface area contributed by atoms with Crippen molar-refractivity contribution in [2.75, 3.05) is 13.6 Å². The molecule has 1 aliphatic rings. The summed E-state index contributed by atoms with van der Waals surface area (Å²) in [5.74, 6) is -11.8. The lowest BCUT2D eigenvalue weighted by atomic mass is 9.85. The minimum atomic E-state index is -2.27. The molecular formula is C13H11BrF5NO. The lowest BCUT2D eigenvalue weighted by molar-refractivity contribution is 0.0735. The molecule has 0 aliphatic heterocycles. The van der Waals surface area contributed by atoms with E-state index in [0.717, 1.165) is 17.7 Å². The van der Waals surface area contributed by atoms with Gasteiger partial charge in [-0.2, -0.15) is 0 Å². The number of carbonyl (C=O) groups excluding carboxylic acids is 1. The Kier molecular flexibility index (Phi) is 4.55. The van der Waals surface area contributed by atoms with E-state index in [0.29, 0.717) is 4.83 Å². The maximum Gasteiger partial charge on any atom is 0.259 e. The van der Waals surface area contributed by atoms with E-state index >= 15 is 0 Å². The summed E-state index contributed by atoms with van der Waals surface area (Å²) in [5.41, 5.74) is -1.41. The second kappa shape index (κ2) is 5.90. The lowest BCUT2D eigenvalue weighted by Gasteiger charge is -2.34. The average Bonchev–Trinajstić information content (AvgIpc) is 2.41. The number of hydrogen-bond acceptors (Lipinski definition) is 1. The Balaban J connectivity index is 2.26. The molecule has 1 aliphatic carbocycles. The van der Waals surface area contributed by atoms with Gasteiger partial charge in [-0.25, -0.2) is 22.0 Å². The Morgan fingerprint density at radius 2 is 1.48 bits per heavy atom. The van der Waals surface area contributed by atoms with Crippen LogP contribution < -0.4 is 0 Å². The molecular weight excluding hydrogens is 361 g/mol. The number of amides is 1. The van der Waals surface area contributed by atoms with Gasteiger partial charge in [-0.3, -0.25) is 4.79 Å². The normalized spacial score (nSPS) is 21.1. The second-order valence-corrected chi connectivity index (χ2v) is 6.36. The highest BCUT2D eigenvalue weighted by molar-refractivity contribution is 9.09. The van der Waals surface area contributed by atoms with E-state index < -0.39 is 40.6 Å². The number of benzene rings is 1. The number of nitrogens with zero attached hydrogens (tertiary/aromatic N) is 1. The van der Waals surface area contributed by atoms with Crippen LogP contribution in [-0.2, 0) is 0 Å². The Hall–Kier alpha value is -1.18. The fourth-order valence-corrected chi connectivity index (χ4v) is 3.31. The highest BCUT2D eigenvalue weighted by Crippen LogP contribution is 2.34. The maximum atomic E-state index is 13.5. The molecule has 116 valence electrons. The predicted octanol–water partition coefficient (Wildman–Crippen LogP) is 3.63. The van der Waals surface area contributed by atoms with Gasteiger partial charge in [0.1, 0.15) is 5.56 Å². The molecule has 21 heavy (non-hydrogen) atoms. The molecule has 0 spiro atoms. The minimum absolute atomic E-state index is 0.143. The Morgan fingerprint density at radius 3 is 1.90 bits per heavy atom. The fraction of sp³-hybridized carbons (Fsp3) is 0.462. The molecule has 1 aromatic rings. The number of halogens is 6. The van der Waals surface area contributed by atoms with Crippen molar-refractivity contribution in [3.63, 3.8) is 0 Å². The molecule has 1 aromatic carbocycles. The van der Waals surface area contributed by atoms with Gasteiger partial charge in [0, 0.05) is 18.4 Å². The highest BCUT2D eigenvalue weighted by Gasteiger charge is 2.33. The molecule has 0 unspecified atom stereocenters. The number of carbonyl (C=O) groups is 1. The van der Waals surface area contributed by atoms with E-state index in [4.69, 9.17) is 0 Å². The molecule has 0 aromatic heterocycles. The molecule has 0 saturated heterocycles. The molecule has 0 radical (unpaired) electrons. The van der Waals surface area contributed by atoms with Crippen LogP contribution >= 0.6 is 15.9 Å². The topological polar surface area (TPSA) is 20.3 Å². The van der Waals surface area contributed by atoms with Crippen molar-refractivity contribution in [2.45, 2.75) is 17.7 Å². The van der Waals surface area contributed by atoms with Gasteiger partial charge in [-0.05, 0) is 18.8 Å². The largest absolute Gasteiger partial charge is 0.341 e. The van der Waals surface area contributed by atoms with Crippen LogP contribution in [0.5, 0.6) is 0 Å². The summed E-state index contributed by atoms with van der Waals surface area (Å²) in [7, 11) is 1.27. The standard InChI is InChI=1S/C13H11BrF5NO/c1-20(4-5-2-6(14)3-5)13(21)7-8(15)10(17)12(19)11(18)9(7)16/h5-6H,2-4H2,1H3. The van der Waals surface area contributed by atoms with Crippen molar-refractivity contribution in [1.29, 1.82) is 0 Å². The predicted molar refractivity (Wildman–Crippen MR) is 68.6 cm³/mol. The van der Waals surface area contributed by atoms with Crippen LogP contribution in [0, 0.1) is 35.0 Å². The van der Waals surface area contributed by atoms with Crippen LogP contribution in [0.3, 0.4) is 0 Å². The van der Waals surface area contributed by atoms with Gasteiger partial charge < -0.3 is 4.90 Å². The zero-order valence-electron chi connectivity index (χ0n) is 10.9. The Bertz CT molecular complexity index is 559. The Labute approximate surface area is 126 Å². The molecule has 0 heterocycles. The van der Waals surface area contributed by atoms with Crippen molar-refractivity contribution in [2.24, 2.45) is 5.92 Å². The first-order valence-corrected chi connectivity index (χ1v) is 7.06. The van der Waals surface area contributed by atoms with Crippen molar-refractivity contribution >= 4 is 21.8 Å². The van der Waals surface area contributed by atoms with Crippen LogP contribution in [0.15, 0.2) is 0 Å². The van der Waals surface area contributed by atoms with Crippen LogP contribution in [0.25, 0.3) is 0 Å². The summed E-state index contributed by atoms with van der Waals surface area (Å²) in [6, 6.07) is 0. The summed E-state index contributed by atoms with van der Waals surface area (Å²) >= 11 is 3.36. The monoisotopic (exact) mass is 371 g/mol. The maximum absolute atomic E-state index is 13.5. The third-order valence-electron chi connectivity index (χ3n) is 3.48. The molecule has 2 rings (SSSR count). The zero-order valence-corrected chi connectivity index (χ0v) is 12.5. The molecule has 0 N–H and O–H groups in total. The summed E-state index contributed by atoms with van der Waals surface area (Å²) < 4.78 is 66.1. The van der Waals surface area contributed by atoms with Crippen molar-refractivity contribution < 1.29 is 26.7 Å². The van der Waals surface area contributed by atoms with E-state index in [1.807, 2.05) is 0 Å². The van der Waals surface area contributed by atoms with Crippen molar-refractivity contribution in [3.05, 3.63) is 34.6 Å². The van der Waals surface area contributed by atoms with Crippen LogP contribution in [-0.4, -0.2) is 29.2 Å². The van der Waals surface area contributed by atoms with E-state index in [2.05, 4.69) is 15.9 Å². The average molecular weight is 372 g/mol. The van der Waals surface area contributed by atoms with Gasteiger partial charge in [-0.15, -0.1) is 0 Å². The SMILES string of the molecule is CN(CC1CC(Br)C1)C(=O)c1c(F)c(F)c(F)c(F)c1F. The van der Waals surface area contributed by atoms with E-state index in [9.17, 15) is 26.7 Å². The van der Waals surface area contributed by atoms with E-state index in [1.165, 1.54) is 7.05 Å². The van der Waals surface area contributed by atoms with Crippen molar-refractivity contribution in [3.8, 4) is 0 Å². The smallest absolute Gasteiger partial charge is 0.259 e. The number of hydrogen-bond donors (Lipinski definition) is 0. The van der Waals surface area contributed by atoms with Gasteiger partial charge in [0.05, 0.1) is 0 Å². The number of rotatable bonds is 3. The first-order chi connectivity index (χ1) is 9.73. The molecule has 1 amide bonds. The third-order valence-corrected chi connectivity index (χ3v) is 4.23. The minimum Gasteiger partial charge on any atom is -0.341 e. The molecule has 0 atom stereocenters. The fourth-order valence-electron chi connectivity index (χ4n) is 2.26. The summed E-state index contributed by atoms with van der Waals surface area (Å²) in [4.78, 5) is 13.2. The van der Waals surface area contributed by atoms with E-state index in [1.54, 1.807) is 0 Å². The number of alkyl halides is 1. The van der Waals surface area contributed by atoms with Gasteiger partial charge in [0.15, 0.2) is 23.3 Å². The van der Waals surface area contributed by atoms with Gasteiger partial charge in [0.25, 0.3) is 5.91 Å². The first-order valence-electron chi connectivity index (χ1n) is 6.15. The van der Waals surface area contributed by atoms with Gasteiger partial charge in [0.2, 0.25) is 5.82 Å². The van der Waals surface area contributed by atoms with Crippen LogP contribution in [0.1, 0.15) is 23.2 Å². The molecule has 2 nitrogen and oxygen atoms in total. The molecule has 1 saturated carbocycles. The second-order valence-electron chi connectivity index (χ2n) is 5.07. The first kappa shape index (κ1) is 16.2. The van der Waals surface area contributed by atoms with E-state index in [-0.39, 0.29) is 12.5 Å². The lowest BCUT2D eigenvalue weighted by Crippen LogP contribution is -2.38. The van der Waals surface area contributed by atoms with Crippen LogP contribution in [0.2, 0.25) is 0 Å². The molecule has 8 heteroatoms. The zero-order chi connectivity index (χ0) is 15.9. The summed E-state index contributed by atoms with van der Waals surface area (Å²) in [6.45, 7) is 0.195. The Morgan fingerprint density at radius 1 is 1.05 bits per heavy atom. The highest BCUT2D eigenvalue weighted by atomic mass is 79.9. The third kappa shape index (κ3) is 2.90. The summed E-state index contributed by atoms with van der Waals surface area (Å²) in [6.07, 6.45) is 1.57. The summed E-state index contributed by atoms with van der Waals surface area (Å²) in [5, 5.41) is 0.